The summed E-state index contributed by atoms with van der Waals surface area (Å²) in [5, 5.41) is 9.62. The zero-order valence-electron chi connectivity index (χ0n) is 19.0. The summed E-state index contributed by atoms with van der Waals surface area (Å²) in [5.41, 5.74) is 5.75. The summed E-state index contributed by atoms with van der Waals surface area (Å²) in [5.74, 6) is 0.275. The molecule has 5 heteroatoms. The van der Waals surface area contributed by atoms with Gasteiger partial charge in [-0.1, -0.05) is 18.2 Å². The molecule has 0 atom stereocenters. The van der Waals surface area contributed by atoms with Crippen LogP contribution in [0.4, 0.5) is 5.69 Å². The Bertz CT molecular complexity index is 1320. The number of hydrogen-bond donors (Lipinski definition) is 1. The van der Waals surface area contributed by atoms with Gasteiger partial charge in [0.15, 0.2) is 0 Å². The third-order valence-electron chi connectivity index (χ3n) is 5.87. The van der Waals surface area contributed by atoms with Gasteiger partial charge in [0.2, 0.25) is 0 Å². The van der Waals surface area contributed by atoms with Crippen molar-refractivity contribution in [3.05, 3.63) is 71.1 Å². The Morgan fingerprint density at radius 2 is 1.75 bits per heavy atom. The smallest absolute Gasteiger partial charge is 0.338 e. The molecule has 2 aromatic carbocycles. The van der Waals surface area contributed by atoms with Crippen LogP contribution >= 0.6 is 0 Å². The van der Waals surface area contributed by atoms with Crippen LogP contribution in [-0.4, -0.2) is 25.7 Å². The summed E-state index contributed by atoms with van der Waals surface area (Å²) < 4.78 is 11.6. The zero-order chi connectivity index (χ0) is 22.8. The van der Waals surface area contributed by atoms with Gasteiger partial charge in [0, 0.05) is 47.4 Å². The first-order chi connectivity index (χ1) is 15.5. The monoisotopic (exact) mass is 428 g/mol. The molecule has 2 aromatic rings. The minimum absolute atomic E-state index is 0.313. The van der Waals surface area contributed by atoms with E-state index in [2.05, 4.69) is 30.9 Å². The van der Waals surface area contributed by atoms with Crippen molar-refractivity contribution in [1.82, 2.24) is 0 Å². The van der Waals surface area contributed by atoms with E-state index in [9.17, 15) is 4.79 Å². The number of rotatable bonds is 6. The van der Waals surface area contributed by atoms with Crippen LogP contribution in [0.25, 0.3) is 33.4 Å². The van der Waals surface area contributed by atoms with Crippen LogP contribution in [0.5, 0.6) is 0 Å². The van der Waals surface area contributed by atoms with E-state index in [1.807, 2.05) is 37.3 Å². The fourth-order valence-corrected chi connectivity index (χ4v) is 4.20. The highest BCUT2D eigenvalue weighted by atomic mass is 16.5. The minimum atomic E-state index is -0.348. The normalized spacial score (nSPS) is 11.1. The molecule has 0 radical (unpaired) electrons. The number of aryl methyl sites for hydroxylation is 1. The van der Waals surface area contributed by atoms with Gasteiger partial charge in [-0.05, 0) is 63.1 Å². The second kappa shape index (κ2) is 8.87. The summed E-state index contributed by atoms with van der Waals surface area (Å²) in [6.07, 6.45) is 0. The van der Waals surface area contributed by atoms with Gasteiger partial charge in [-0.15, -0.1) is 0 Å². The number of nitrogens with one attached hydrogen (secondary N) is 1. The first-order valence-electron chi connectivity index (χ1n) is 11.1. The Kier molecular flexibility index (Phi) is 5.99. The lowest BCUT2D eigenvalue weighted by Crippen LogP contribution is -2.21. The quantitative estimate of drug-likeness (QED) is 0.301. The summed E-state index contributed by atoms with van der Waals surface area (Å²) in [6, 6.07) is 17.4. The van der Waals surface area contributed by atoms with Gasteiger partial charge < -0.3 is 19.5 Å². The van der Waals surface area contributed by atoms with Gasteiger partial charge in [-0.2, -0.15) is 0 Å². The molecule has 0 saturated heterocycles. The zero-order valence-corrected chi connectivity index (χ0v) is 19.0. The third-order valence-corrected chi connectivity index (χ3v) is 5.87. The van der Waals surface area contributed by atoms with Crippen LogP contribution in [0.1, 0.15) is 36.7 Å². The molecule has 1 aliphatic carbocycles. The van der Waals surface area contributed by atoms with Crippen molar-refractivity contribution < 1.29 is 13.9 Å². The Morgan fingerprint density at radius 3 is 2.47 bits per heavy atom. The molecule has 0 amide bonds. The fraction of sp³-hybridized carbons (Fsp3) is 0.259. The Balaban J connectivity index is 2.10. The molecule has 0 spiro atoms. The first-order valence-corrected chi connectivity index (χ1v) is 11.1. The maximum absolute atomic E-state index is 12.8. The van der Waals surface area contributed by atoms with Gasteiger partial charge in [-0.25, -0.2) is 4.79 Å². The van der Waals surface area contributed by atoms with Crippen molar-refractivity contribution in [2.45, 2.75) is 27.7 Å². The second-order valence-electron chi connectivity index (χ2n) is 7.76. The average molecular weight is 429 g/mol. The number of carbonyl (C=O) groups excluding carboxylic acids is 1. The standard InChI is InChI=1S/C27H28N2O3/c1-5-29(6-2)18-12-13-21-24(15-18)32-25-16-23(28)17(4)14-22(25)26(21)19-10-8-9-11-20(19)27(30)31-7-3/h8-16,28H,5-7H2,1-4H3. The molecular formula is C27H28N2O3. The van der Waals surface area contributed by atoms with Crippen molar-refractivity contribution >= 4 is 22.6 Å². The molecule has 1 heterocycles. The van der Waals surface area contributed by atoms with Crippen molar-refractivity contribution in [3.63, 3.8) is 0 Å². The number of nitrogens with zero attached hydrogens (tertiary/aromatic N) is 1. The maximum atomic E-state index is 12.8. The van der Waals surface area contributed by atoms with E-state index in [1.54, 1.807) is 19.1 Å². The predicted molar refractivity (Wildman–Crippen MR) is 128 cm³/mol. The van der Waals surface area contributed by atoms with E-state index in [-0.39, 0.29) is 5.97 Å². The number of anilines is 1. The number of carbonyl (C=O) groups is 1. The Hall–Kier alpha value is -3.60. The van der Waals surface area contributed by atoms with Crippen LogP contribution in [0.2, 0.25) is 0 Å². The highest BCUT2D eigenvalue weighted by Crippen LogP contribution is 2.42. The van der Waals surface area contributed by atoms with Crippen LogP contribution in [0.15, 0.2) is 59.0 Å². The summed E-state index contributed by atoms with van der Waals surface area (Å²) in [6.45, 7) is 10.1. The molecule has 0 unspecified atom stereocenters. The Labute approximate surface area is 188 Å². The van der Waals surface area contributed by atoms with E-state index in [4.69, 9.17) is 14.6 Å². The molecule has 4 rings (SSSR count). The molecule has 0 bridgehead atoms. The number of esters is 1. The van der Waals surface area contributed by atoms with E-state index in [0.717, 1.165) is 52.0 Å². The Morgan fingerprint density at radius 1 is 1.00 bits per heavy atom. The SMILES string of the molecule is CCOC(=O)c1ccccc1-c1c2cc(C)c(=N)cc-2oc2cc(N(CC)CC)ccc12. The summed E-state index contributed by atoms with van der Waals surface area (Å²) in [7, 11) is 0. The lowest BCUT2D eigenvalue weighted by molar-refractivity contribution is 0.0527. The van der Waals surface area contributed by atoms with Crippen LogP contribution in [0, 0.1) is 12.3 Å². The van der Waals surface area contributed by atoms with Gasteiger partial charge >= 0.3 is 5.97 Å². The molecule has 32 heavy (non-hydrogen) atoms. The second-order valence-corrected chi connectivity index (χ2v) is 7.76. The first kappa shape index (κ1) is 21.6. The molecule has 5 nitrogen and oxygen atoms in total. The number of hydrogen-bond acceptors (Lipinski definition) is 5. The molecule has 1 aliphatic heterocycles. The fourth-order valence-electron chi connectivity index (χ4n) is 4.20. The number of fused-ring (bicyclic) bond motifs is 2. The lowest BCUT2D eigenvalue weighted by atomic mass is 9.90. The summed E-state index contributed by atoms with van der Waals surface area (Å²) in [4.78, 5) is 15.0. The van der Waals surface area contributed by atoms with E-state index >= 15 is 0 Å². The van der Waals surface area contributed by atoms with E-state index in [0.29, 0.717) is 23.3 Å². The largest absolute Gasteiger partial charge is 0.462 e. The van der Waals surface area contributed by atoms with E-state index < -0.39 is 0 Å². The van der Waals surface area contributed by atoms with Crippen molar-refractivity contribution in [2.75, 3.05) is 24.6 Å². The highest BCUT2D eigenvalue weighted by molar-refractivity contribution is 6.08. The average Bonchev–Trinajstić information content (AvgIpc) is 2.79. The van der Waals surface area contributed by atoms with Crippen LogP contribution in [-0.2, 0) is 4.74 Å². The van der Waals surface area contributed by atoms with Gasteiger partial charge in [0.25, 0.3) is 0 Å². The molecular weight excluding hydrogens is 400 g/mol. The van der Waals surface area contributed by atoms with Gasteiger partial charge in [0.1, 0.15) is 11.3 Å². The summed E-state index contributed by atoms with van der Waals surface area (Å²) >= 11 is 0. The van der Waals surface area contributed by atoms with Crippen molar-refractivity contribution in [3.8, 4) is 22.5 Å². The van der Waals surface area contributed by atoms with Crippen LogP contribution < -0.4 is 10.3 Å². The number of benzene rings is 3. The topological polar surface area (TPSA) is 66.5 Å². The maximum Gasteiger partial charge on any atom is 0.338 e. The highest BCUT2D eigenvalue weighted by Gasteiger charge is 2.22. The molecule has 0 aromatic heterocycles. The minimum Gasteiger partial charge on any atom is -0.462 e. The predicted octanol–water partition coefficient (Wildman–Crippen LogP) is 6.02. The molecule has 164 valence electrons. The van der Waals surface area contributed by atoms with E-state index in [1.165, 1.54) is 0 Å². The van der Waals surface area contributed by atoms with Crippen LogP contribution in [0.3, 0.4) is 0 Å². The van der Waals surface area contributed by atoms with Gasteiger partial charge in [0.05, 0.1) is 17.5 Å². The molecule has 0 saturated carbocycles. The van der Waals surface area contributed by atoms with Crippen molar-refractivity contribution in [2.24, 2.45) is 0 Å². The molecule has 1 N–H and O–H groups in total. The number of ether oxygens (including phenoxy) is 1. The molecule has 2 aliphatic rings. The van der Waals surface area contributed by atoms with Crippen molar-refractivity contribution in [1.29, 1.82) is 5.41 Å². The third kappa shape index (κ3) is 3.75. The van der Waals surface area contributed by atoms with Gasteiger partial charge in [-0.3, -0.25) is 0 Å². The lowest BCUT2D eigenvalue weighted by Gasteiger charge is -2.23. The molecule has 0 fully saturated rings.